The van der Waals surface area contributed by atoms with E-state index in [0.717, 1.165) is 22.2 Å². The number of nitrogens with one attached hydrogen (secondary N) is 2. The number of thiocarbonyl (C=S) groups is 1. The van der Waals surface area contributed by atoms with Gasteiger partial charge < -0.3 is 15.6 Å². The molecule has 0 aliphatic heterocycles. The second kappa shape index (κ2) is 7.59. The Morgan fingerprint density at radius 3 is 2.64 bits per heavy atom. The first kappa shape index (κ1) is 16.7. The highest BCUT2D eigenvalue weighted by Crippen LogP contribution is 2.19. The first-order chi connectivity index (χ1) is 12.1. The third kappa shape index (κ3) is 4.21. The fourth-order valence-corrected chi connectivity index (χ4v) is 2.69. The Labute approximate surface area is 150 Å². The molecule has 2 aromatic carbocycles. The minimum absolute atomic E-state index is 0.121. The largest absolute Gasteiger partial charge is 0.368 e. The Balaban J connectivity index is 1.73. The molecule has 0 aliphatic carbocycles. The zero-order valence-corrected chi connectivity index (χ0v) is 14.2. The van der Waals surface area contributed by atoms with Crippen molar-refractivity contribution in [3.05, 3.63) is 66.4 Å². The number of hydrogen-bond acceptors (Lipinski definition) is 3. The summed E-state index contributed by atoms with van der Waals surface area (Å²) in [7, 11) is 0. The second-order valence-electron chi connectivity index (χ2n) is 5.39. The first-order valence-corrected chi connectivity index (χ1v) is 8.05. The molecular weight excluding hydrogens is 334 g/mol. The lowest BCUT2D eigenvalue weighted by Gasteiger charge is -2.05. The number of rotatable bonds is 5. The van der Waals surface area contributed by atoms with Crippen LogP contribution in [0.3, 0.4) is 0 Å². The molecule has 4 N–H and O–H groups in total. The monoisotopic (exact) mass is 351 g/mol. The molecule has 25 heavy (non-hydrogen) atoms. The van der Waals surface area contributed by atoms with Gasteiger partial charge in [-0.2, -0.15) is 5.10 Å². The summed E-state index contributed by atoms with van der Waals surface area (Å²) in [6.45, 7) is 0.121. The number of fused-ring (bicyclic) bond motifs is 1. The van der Waals surface area contributed by atoms with E-state index in [1.807, 2.05) is 60.8 Å². The number of benzene rings is 2. The maximum absolute atomic E-state index is 11.2. The molecule has 0 saturated heterocycles. The Morgan fingerprint density at radius 1 is 1.16 bits per heavy atom. The van der Waals surface area contributed by atoms with Crippen LogP contribution < -0.4 is 16.5 Å². The number of aromatic nitrogens is 1. The van der Waals surface area contributed by atoms with E-state index in [4.69, 9.17) is 18.0 Å². The topological polar surface area (TPSA) is 84.4 Å². The first-order valence-electron chi connectivity index (χ1n) is 7.65. The van der Waals surface area contributed by atoms with E-state index in [1.54, 1.807) is 10.8 Å². The molecule has 0 atom stereocenters. The molecule has 3 aromatic rings. The highest BCUT2D eigenvalue weighted by atomic mass is 32.1. The predicted molar refractivity (Wildman–Crippen MR) is 105 cm³/mol. The predicted octanol–water partition coefficient (Wildman–Crippen LogP) is 2.45. The summed E-state index contributed by atoms with van der Waals surface area (Å²) >= 11 is 5.21. The van der Waals surface area contributed by atoms with Crippen molar-refractivity contribution in [3.63, 3.8) is 0 Å². The lowest BCUT2D eigenvalue weighted by atomic mass is 10.2. The van der Waals surface area contributed by atoms with Gasteiger partial charge in [-0.15, -0.1) is 0 Å². The number of hydrazone groups is 1. The van der Waals surface area contributed by atoms with Crippen molar-refractivity contribution in [2.45, 2.75) is 6.54 Å². The summed E-state index contributed by atoms with van der Waals surface area (Å²) in [5.41, 5.74) is 10.8. The summed E-state index contributed by atoms with van der Waals surface area (Å²) in [6, 6.07) is 17.3. The quantitative estimate of drug-likeness (QED) is 0.374. The average Bonchev–Trinajstić information content (AvgIpc) is 2.93. The molecule has 1 heterocycles. The average molecular weight is 351 g/mol. The van der Waals surface area contributed by atoms with E-state index in [9.17, 15) is 4.79 Å². The SMILES string of the molecule is NC(=O)Cn1cc(C=NNC(=S)Nc2ccccc2)c2ccccc21. The van der Waals surface area contributed by atoms with Gasteiger partial charge in [0.2, 0.25) is 5.91 Å². The Bertz CT molecular complexity index is 933. The van der Waals surface area contributed by atoms with Gasteiger partial charge in [-0.25, -0.2) is 0 Å². The van der Waals surface area contributed by atoms with E-state index < -0.39 is 5.91 Å². The number of nitrogens with two attached hydrogens (primary N) is 1. The third-order valence-electron chi connectivity index (χ3n) is 3.55. The number of para-hydroxylation sites is 2. The summed E-state index contributed by atoms with van der Waals surface area (Å²) < 4.78 is 1.81. The fourth-order valence-electron chi connectivity index (χ4n) is 2.52. The van der Waals surface area contributed by atoms with Gasteiger partial charge in [0, 0.05) is 28.4 Å². The molecule has 0 radical (unpaired) electrons. The number of carbonyl (C=O) groups excluding carboxylic acids is 1. The lowest BCUT2D eigenvalue weighted by Crippen LogP contribution is -2.23. The van der Waals surface area contributed by atoms with Gasteiger partial charge >= 0.3 is 0 Å². The van der Waals surface area contributed by atoms with Crippen LogP contribution >= 0.6 is 12.2 Å². The van der Waals surface area contributed by atoms with Gasteiger partial charge in [-0.05, 0) is 30.4 Å². The van der Waals surface area contributed by atoms with Gasteiger partial charge in [0.1, 0.15) is 6.54 Å². The highest BCUT2D eigenvalue weighted by Gasteiger charge is 2.08. The van der Waals surface area contributed by atoms with Gasteiger partial charge in [-0.3, -0.25) is 10.2 Å². The van der Waals surface area contributed by atoms with Crippen LogP contribution in [0, 0.1) is 0 Å². The van der Waals surface area contributed by atoms with Crippen molar-refractivity contribution >= 4 is 46.0 Å². The molecule has 0 aliphatic rings. The summed E-state index contributed by atoms with van der Waals surface area (Å²) in [5, 5.41) is 8.58. The molecule has 7 heteroatoms. The number of amides is 1. The zero-order chi connectivity index (χ0) is 17.6. The molecule has 0 unspecified atom stereocenters. The van der Waals surface area contributed by atoms with Crippen LogP contribution in [0.4, 0.5) is 5.69 Å². The Hall–Kier alpha value is -3.19. The summed E-state index contributed by atoms with van der Waals surface area (Å²) in [4.78, 5) is 11.2. The smallest absolute Gasteiger partial charge is 0.237 e. The van der Waals surface area contributed by atoms with Gasteiger partial charge in [0.25, 0.3) is 0 Å². The van der Waals surface area contributed by atoms with Crippen LogP contribution in [0.15, 0.2) is 65.9 Å². The molecule has 126 valence electrons. The van der Waals surface area contributed by atoms with Crippen molar-refractivity contribution in [2.75, 3.05) is 5.32 Å². The van der Waals surface area contributed by atoms with E-state index in [-0.39, 0.29) is 6.54 Å². The van der Waals surface area contributed by atoms with Crippen LogP contribution in [0.1, 0.15) is 5.56 Å². The van der Waals surface area contributed by atoms with Gasteiger partial charge in [0.05, 0.1) is 6.21 Å². The molecule has 0 saturated carbocycles. The zero-order valence-electron chi connectivity index (χ0n) is 13.3. The fraction of sp³-hybridized carbons (Fsp3) is 0.0556. The summed E-state index contributed by atoms with van der Waals surface area (Å²) in [6.07, 6.45) is 3.51. The number of primary amides is 1. The second-order valence-corrected chi connectivity index (χ2v) is 5.79. The van der Waals surface area contributed by atoms with Crippen LogP contribution in [0.5, 0.6) is 0 Å². The van der Waals surface area contributed by atoms with Crippen LogP contribution in [-0.2, 0) is 11.3 Å². The molecule has 0 spiro atoms. The van der Waals surface area contributed by atoms with Crippen molar-refractivity contribution in [2.24, 2.45) is 10.8 Å². The lowest BCUT2D eigenvalue weighted by molar-refractivity contribution is -0.118. The maximum Gasteiger partial charge on any atom is 0.237 e. The molecule has 3 rings (SSSR count). The molecule has 1 aromatic heterocycles. The van der Waals surface area contributed by atoms with Crippen molar-refractivity contribution in [1.29, 1.82) is 0 Å². The molecular formula is C18H17N5OS. The van der Waals surface area contributed by atoms with Crippen LogP contribution in [0.25, 0.3) is 10.9 Å². The van der Waals surface area contributed by atoms with Crippen LogP contribution in [-0.4, -0.2) is 21.8 Å². The minimum atomic E-state index is -0.393. The van der Waals surface area contributed by atoms with E-state index in [2.05, 4.69) is 15.8 Å². The number of anilines is 1. The van der Waals surface area contributed by atoms with Crippen molar-refractivity contribution in [1.82, 2.24) is 9.99 Å². The molecule has 0 bridgehead atoms. The minimum Gasteiger partial charge on any atom is -0.368 e. The molecule has 6 nitrogen and oxygen atoms in total. The van der Waals surface area contributed by atoms with E-state index in [1.165, 1.54) is 0 Å². The number of hydrogen-bond donors (Lipinski definition) is 3. The maximum atomic E-state index is 11.2. The highest BCUT2D eigenvalue weighted by molar-refractivity contribution is 7.80. The third-order valence-corrected chi connectivity index (χ3v) is 3.74. The molecule has 0 fully saturated rings. The number of nitrogens with zero attached hydrogens (tertiary/aromatic N) is 2. The van der Waals surface area contributed by atoms with E-state index in [0.29, 0.717) is 5.11 Å². The Morgan fingerprint density at radius 2 is 1.88 bits per heavy atom. The van der Waals surface area contributed by atoms with Crippen LogP contribution in [0.2, 0.25) is 0 Å². The van der Waals surface area contributed by atoms with E-state index >= 15 is 0 Å². The standard InChI is InChI=1S/C18H17N5OS/c19-17(24)12-23-11-13(15-8-4-5-9-16(15)23)10-20-22-18(25)21-14-6-2-1-3-7-14/h1-11H,12H2,(H2,19,24)(H2,21,22,25). The molecule has 1 amide bonds. The van der Waals surface area contributed by atoms with Gasteiger partial charge in [0.15, 0.2) is 5.11 Å². The van der Waals surface area contributed by atoms with Gasteiger partial charge in [-0.1, -0.05) is 36.4 Å². The Kier molecular flexibility index (Phi) is 5.06. The normalized spacial score (nSPS) is 10.9. The van der Waals surface area contributed by atoms with Crippen molar-refractivity contribution < 1.29 is 4.79 Å². The number of carbonyl (C=O) groups is 1. The summed E-state index contributed by atoms with van der Waals surface area (Å²) in [5.74, 6) is -0.393. The van der Waals surface area contributed by atoms with Crippen molar-refractivity contribution in [3.8, 4) is 0 Å².